The highest BCUT2D eigenvalue weighted by Gasteiger charge is 2.25. The van der Waals surface area contributed by atoms with Gasteiger partial charge in [0, 0.05) is 36.9 Å². The van der Waals surface area contributed by atoms with Gasteiger partial charge in [-0.2, -0.15) is 0 Å². The Labute approximate surface area is 162 Å². The van der Waals surface area contributed by atoms with Gasteiger partial charge in [-0.15, -0.1) is 0 Å². The normalized spacial score (nSPS) is 14.2. The fourth-order valence-corrected chi connectivity index (χ4v) is 3.05. The minimum atomic E-state index is -0.442. The number of halogens is 1. The standard InChI is InChI=1S/C20H21FN4O3/c21-17-10-16(13-23-24-22)11-19(12-17)28-18-6-8-25(9-7-18)20(26)27-14-15-4-2-1-3-5-15/h1-5,10-12,18H,6-9,13-14H2. The second-order valence-electron chi connectivity index (χ2n) is 6.53. The Balaban J connectivity index is 1.48. The molecule has 1 aliphatic rings. The Hall–Kier alpha value is -3.25. The van der Waals surface area contributed by atoms with Crippen LogP contribution in [0, 0.1) is 5.82 Å². The van der Waals surface area contributed by atoms with Crippen LogP contribution in [-0.4, -0.2) is 30.2 Å². The zero-order chi connectivity index (χ0) is 19.8. The Kier molecular flexibility index (Phi) is 6.70. The molecule has 7 nitrogen and oxygen atoms in total. The van der Waals surface area contributed by atoms with Crippen LogP contribution in [0.5, 0.6) is 5.75 Å². The fourth-order valence-electron chi connectivity index (χ4n) is 3.05. The van der Waals surface area contributed by atoms with Crippen LogP contribution in [0.3, 0.4) is 0 Å². The molecule has 2 aromatic carbocycles. The SMILES string of the molecule is [N-]=[N+]=NCc1cc(F)cc(OC2CCN(C(=O)OCc3ccccc3)CC2)c1. The highest BCUT2D eigenvalue weighted by molar-refractivity contribution is 5.67. The number of carbonyl (C=O) groups excluding carboxylic acids is 1. The predicted molar refractivity (Wildman–Crippen MR) is 101 cm³/mol. The van der Waals surface area contributed by atoms with Crippen molar-refractivity contribution in [1.82, 2.24) is 4.90 Å². The lowest BCUT2D eigenvalue weighted by Crippen LogP contribution is -2.42. The summed E-state index contributed by atoms with van der Waals surface area (Å²) < 4.78 is 24.9. The quantitative estimate of drug-likeness (QED) is 0.406. The molecule has 0 bridgehead atoms. The zero-order valence-corrected chi connectivity index (χ0v) is 15.3. The second kappa shape index (κ2) is 9.62. The zero-order valence-electron chi connectivity index (χ0n) is 15.3. The van der Waals surface area contributed by atoms with E-state index in [1.54, 1.807) is 11.0 Å². The van der Waals surface area contributed by atoms with Crippen LogP contribution in [-0.2, 0) is 17.9 Å². The number of azide groups is 1. The summed E-state index contributed by atoms with van der Waals surface area (Å²) in [6.45, 7) is 1.34. The molecule has 1 aliphatic heterocycles. The minimum absolute atomic E-state index is 0.0658. The molecule has 1 saturated heterocycles. The molecule has 8 heteroatoms. The van der Waals surface area contributed by atoms with Gasteiger partial charge in [0.15, 0.2) is 0 Å². The summed E-state index contributed by atoms with van der Waals surface area (Å²) in [5.74, 6) is -0.0455. The average molecular weight is 384 g/mol. The van der Waals surface area contributed by atoms with Crippen molar-refractivity contribution >= 4 is 6.09 Å². The Morgan fingerprint density at radius 3 is 2.64 bits per heavy atom. The highest BCUT2D eigenvalue weighted by Crippen LogP contribution is 2.22. The summed E-state index contributed by atoms with van der Waals surface area (Å²) >= 11 is 0. The third kappa shape index (κ3) is 5.62. The van der Waals surface area contributed by atoms with Crippen molar-refractivity contribution in [2.24, 2.45) is 5.11 Å². The fraction of sp³-hybridized carbons (Fsp3) is 0.350. The molecule has 0 radical (unpaired) electrons. The predicted octanol–water partition coefficient (Wildman–Crippen LogP) is 4.82. The molecule has 146 valence electrons. The number of amides is 1. The summed E-state index contributed by atoms with van der Waals surface area (Å²) in [6, 6.07) is 13.8. The van der Waals surface area contributed by atoms with E-state index < -0.39 is 5.82 Å². The molecular weight excluding hydrogens is 363 g/mol. The monoisotopic (exact) mass is 384 g/mol. The summed E-state index contributed by atoms with van der Waals surface area (Å²) in [6.07, 6.45) is 0.794. The molecule has 1 amide bonds. The van der Waals surface area contributed by atoms with Gasteiger partial charge in [-0.1, -0.05) is 35.4 Å². The number of likely N-dealkylation sites (tertiary alicyclic amines) is 1. The molecule has 0 atom stereocenters. The smallest absolute Gasteiger partial charge is 0.410 e. The third-order valence-electron chi connectivity index (χ3n) is 4.46. The van der Waals surface area contributed by atoms with Crippen molar-refractivity contribution < 1.29 is 18.7 Å². The van der Waals surface area contributed by atoms with Crippen molar-refractivity contribution in [2.75, 3.05) is 13.1 Å². The van der Waals surface area contributed by atoms with E-state index in [0.29, 0.717) is 37.2 Å². The van der Waals surface area contributed by atoms with Crippen molar-refractivity contribution in [1.29, 1.82) is 0 Å². The van der Waals surface area contributed by atoms with E-state index in [1.165, 1.54) is 12.1 Å². The molecule has 1 heterocycles. The lowest BCUT2D eigenvalue weighted by molar-refractivity contribution is 0.0637. The van der Waals surface area contributed by atoms with Gasteiger partial charge < -0.3 is 14.4 Å². The van der Waals surface area contributed by atoms with Gasteiger partial charge in [0.2, 0.25) is 0 Å². The molecule has 2 aromatic rings. The first-order valence-electron chi connectivity index (χ1n) is 9.06. The van der Waals surface area contributed by atoms with Crippen LogP contribution in [0.15, 0.2) is 53.6 Å². The first kappa shape index (κ1) is 19.5. The van der Waals surface area contributed by atoms with E-state index in [1.807, 2.05) is 30.3 Å². The average Bonchev–Trinajstić information content (AvgIpc) is 2.71. The molecule has 0 spiro atoms. The maximum absolute atomic E-state index is 13.7. The lowest BCUT2D eigenvalue weighted by Gasteiger charge is -2.31. The van der Waals surface area contributed by atoms with Crippen molar-refractivity contribution in [2.45, 2.75) is 32.1 Å². The van der Waals surface area contributed by atoms with Crippen LogP contribution < -0.4 is 4.74 Å². The number of piperidine rings is 1. The number of nitrogens with zero attached hydrogens (tertiary/aromatic N) is 4. The Morgan fingerprint density at radius 2 is 1.93 bits per heavy atom. The first-order chi connectivity index (χ1) is 13.6. The van der Waals surface area contributed by atoms with Gasteiger partial charge in [-0.3, -0.25) is 0 Å². The molecule has 28 heavy (non-hydrogen) atoms. The third-order valence-corrected chi connectivity index (χ3v) is 4.46. The number of hydrogen-bond donors (Lipinski definition) is 0. The van der Waals surface area contributed by atoms with Gasteiger partial charge >= 0.3 is 6.09 Å². The second-order valence-corrected chi connectivity index (χ2v) is 6.53. The number of rotatable bonds is 6. The van der Waals surface area contributed by atoms with Crippen LogP contribution in [0.2, 0.25) is 0 Å². The summed E-state index contributed by atoms with van der Waals surface area (Å²) in [4.78, 5) is 16.5. The van der Waals surface area contributed by atoms with E-state index in [4.69, 9.17) is 15.0 Å². The Morgan fingerprint density at radius 1 is 1.18 bits per heavy atom. The molecule has 0 aliphatic carbocycles. The van der Waals surface area contributed by atoms with Gasteiger partial charge in [0.25, 0.3) is 0 Å². The number of ether oxygens (including phenoxy) is 2. The van der Waals surface area contributed by atoms with Crippen LogP contribution >= 0.6 is 0 Å². The summed E-state index contributed by atoms with van der Waals surface area (Å²) in [7, 11) is 0. The molecule has 0 N–H and O–H groups in total. The van der Waals surface area contributed by atoms with Crippen LogP contribution in [0.1, 0.15) is 24.0 Å². The highest BCUT2D eigenvalue weighted by atomic mass is 19.1. The maximum Gasteiger partial charge on any atom is 0.410 e. The number of benzene rings is 2. The van der Waals surface area contributed by atoms with E-state index in [-0.39, 0.29) is 25.3 Å². The first-order valence-corrected chi connectivity index (χ1v) is 9.06. The molecular formula is C20H21FN4O3. The number of carbonyl (C=O) groups is 1. The summed E-state index contributed by atoms with van der Waals surface area (Å²) in [5.41, 5.74) is 9.88. The van der Waals surface area contributed by atoms with E-state index >= 15 is 0 Å². The van der Waals surface area contributed by atoms with Crippen LogP contribution in [0.25, 0.3) is 10.4 Å². The van der Waals surface area contributed by atoms with E-state index in [9.17, 15) is 9.18 Å². The molecule has 0 unspecified atom stereocenters. The Bertz CT molecular complexity index is 848. The largest absolute Gasteiger partial charge is 0.490 e. The molecule has 1 fully saturated rings. The molecule has 3 rings (SSSR count). The number of hydrogen-bond acceptors (Lipinski definition) is 4. The lowest BCUT2D eigenvalue weighted by atomic mass is 10.1. The summed E-state index contributed by atoms with van der Waals surface area (Å²) in [5, 5.41) is 3.44. The van der Waals surface area contributed by atoms with Gasteiger partial charge in [-0.05, 0) is 28.8 Å². The van der Waals surface area contributed by atoms with Gasteiger partial charge in [0.05, 0.1) is 6.54 Å². The van der Waals surface area contributed by atoms with Gasteiger partial charge in [-0.25, -0.2) is 9.18 Å². The van der Waals surface area contributed by atoms with E-state index in [0.717, 1.165) is 5.56 Å². The molecule has 0 saturated carbocycles. The minimum Gasteiger partial charge on any atom is -0.490 e. The topological polar surface area (TPSA) is 87.5 Å². The molecule has 0 aromatic heterocycles. The van der Waals surface area contributed by atoms with Gasteiger partial charge in [0.1, 0.15) is 24.3 Å². The van der Waals surface area contributed by atoms with Crippen molar-refractivity contribution in [3.63, 3.8) is 0 Å². The van der Waals surface area contributed by atoms with Crippen molar-refractivity contribution in [3.8, 4) is 5.75 Å². The van der Waals surface area contributed by atoms with Crippen molar-refractivity contribution in [3.05, 3.63) is 75.9 Å². The van der Waals surface area contributed by atoms with Crippen LogP contribution in [0.4, 0.5) is 9.18 Å². The maximum atomic E-state index is 13.7. The van der Waals surface area contributed by atoms with E-state index in [2.05, 4.69) is 10.0 Å².